The number of aryl methyl sites for hydroxylation is 1. The summed E-state index contributed by atoms with van der Waals surface area (Å²) in [6.07, 6.45) is 2.89. The zero-order valence-electron chi connectivity index (χ0n) is 17.4. The minimum Gasteiger partial charge on any atom is -0.348 e. The zero-order chi connectivity index (χ0) is 21.4. The Morgan fingerprint density at radius 1 is 1.14 bits per heavy atom. The number of aromatic amines is 1. The number of piperidine rings is 1. The van der Waals surface area contributed by atoms with Crippen molar-refractivity contribution in [2.24, 2.45) is 0 Å². The Labute approximate surface area is 169 Å². The highest BCUT2D eigenvalue weighted by atomic mass is 19.1. The van der Waals surface area contributed by atoms with E-state index < -0.39 is 11.7 Å². The lowest BCUT2D eigenvalue weighted by Crippen LogP contribution is -2.62. The number of H-pyrrole nitrogens is 1. The van der Waals surface area contributed by atoms with E-state index >= 15 is 0 Å². The van der Waals surface area contributed by atoms with Gasteiger partial charge in [-0.3, -0.25) is 14.7 Å². The third-order valence-electron chi connectivity index (χ3n) is 5.09. The van der Waals surface area contributed by atoms with Crippen LogP contribution in [0, 0.1) is 12.7 Å². The number of rotatable bonds is 4. The van der Waals surface area contributed by atoms with Gasteiger partial charge in [-0.15, -0.1) is 0 Å². The van der Waals surface area contributed by atoms with Gasteiger partial charge in [0.2, 0.25) is 0 Å². The van der Waals surface area contributed by atoms with Gasteiger partial charge in [0, 0.05) is 17.1 Å². The van der Waals surface area contributed by atoms with Gasteiger partial charge in [0.15, 0.2) is 0 Å². The van der Waals surface area contributed by atoms with E-state index in [0.717, 1.165) is 12.8 Å². The van der Waals surface area contributed by atoms with Crippen molar-refractivity contribution in [1.29, 1.82) is 0 Å². The van der Waals surface area contributed by atoms with Crippen LogP contribution in [0.15, 0.2) is 24.4 Å². The molecule has 0 aliphatic carbocycles. The van der Waals surface area contributed by atoms with Gasteiger partial charge in [0.05, 0.1) is 17.4 Å². The minimum absolute atomic E-state index is 0.0330. The number of hydrogen-bond acceptors (Lipinski definition) is 4. The molecule has 2 heterocycles. The molecule has 0 bridgehead atoms. The number of carbonyl (C=O) groups excluding carboxylic acids is 2. The van der Waals surface area contributed by atoms with E-state index in [0.29, 0.717) is 5.56 Å². The summed E-state index contributed by atoms with van der Waals surface area (Å²) in [7, 11) is 0. The third-order valence-corrected chi connectivity index (χ3v) is 5.09. The van der Waals surface area contributed by atoms with Crippen molar-refractivity contribution in [3.8, 4) is 0 Å². The topological polar surface area (TPSA) is 98.9 Å². The van der Waals surface area contributed by atoms with Gasteiger partial charge in [-0.25, -0.2) is 4.39 Å². The highest BCUT2D eigenvalue weighted by Gasteiger charge is 2.38. The second-order valence-corrected chi connectivity index (χ2v) is 9.02. The summed E-state index contributed by atoms with van der Waals surface area (Å²) in [4.78, 5) is 25.4. The lowest BCUT2D eigenvalue weighted by molar-refractivity contribution is 0.0869. The second kappa shape index (κ2) is 7.59. The molecule has 2 amide bonds. The van der Waals surface area contributed by atoms with Crippen molar-refractivity contribution >= 4 is 17.5 Å². The molecule has 3 rings (SSSR count). The van der Waals surface area contributed by atoms with Crippen molar-refractivity contribution in [2.75, 3.05) is 5.32 Å². The van der Waals surface area contributed by atoms with Crippen LogP contribution in [-0.4, -0.2) is 39.1 Å². The van der Waals surface area contributed by atoms with Crippen LogP contribution in [0.25, 0.3) is 0 Å². The van der Waals surface area contributed by atoms with E-state index in [1.165, 1.54) is 12.3 Å². The molecule has 8 heteroatoms. The fraction of sp³-hybridized carbons (Fsp3) is 0.476. The lowest BCUT2D eigenvalue weighted by atomic mass is 9.79. The fourth-order valence-corrected chi connectivity index (χ4v) is 4.34. The highest BCUT2D eigenvalue weighted by molar-refractivity contribution is 6.09. The Kier molecular flexibility index (Phi) is 5.49. The number of nitrogens with zero attached hydrogens (tertiary/aromatic N) is 1. The van der Waals surface area contributed by atoms with E-state index in [4.69, 9.17) is 0 Å². The summed E-state index contributed by atoms with van der Waals surface area (Å²) < 4.78 is 14.1. The predicted octanol–water partition coefficient (Wildman–Crippen LogP) is 3.15. The number of amides is 2. The molecule has 29 heavy (non-hydrogen) atoms. The number of aromatic nitrogens is 2. The summed E-state index contributed by atoms with van der Waals surface area (Å²) in [6, 6.07) is 4.39. The van der Waals surface area contributed by atoms with Gasteiger partial charge in [-0.2, -0.15) is 5.10 Å². The van der Waals surface area contributed by atoms with Crippen LogP contribution in [0.2, 0.25) is 0 Å². The minimum atomic E-state index is -0.625. The van der Waals surface area contributed by atoms with Crippen LogP contribution >= 0.6 is 0 Å². The van der Waals surface area contributed by atoms with Crippen LogP contribution in [0.1, 0.15) is 66.9 Å². The largest absolute Gasteiger partial charge is 0.348 e. The number of hydrogen-bond donors (Lipinski definition) is 4. The van der Waals surface area contributed by atoms with E-state index in [1.807, 2.05) is 0 Å². The van der Waals surface area contributed by atoms with E-state index in [1.54, 1.807) is 19.1 Å². The average Bonchev–Trinajstić information content (AvgIpc) is 2.99. The Morgan fingerprint density at radius 3 is 2.41 bits per heavy atom. The molecule has 0 spiro atoms. The quantitative estimate of drug-likeness (QED) is 0.632. The third kappa shape index (κ3) is 4.82. The maximum atomic E-state index is 14.1. The van der Waals surface area contributed by atoms with Crippen LogP contribution in [-0.2, 0) is 0 Å². The maximum absolute atomic E-state index is 14.1. The molecule has 1 aliphatic heterocycles. The molecule has 0 radical (unpaired) electrons. The van der Waals surface area contributed by atoms with Gasteiger partial charge in [-0.05, 0) is 59.1 Å². The lowest BCUT2D eigenvalue weighted by Gasteiger charge is -2.46. The molecule has 1 aromatic carbocycles. The maximum Gasteiger partial charge on any atom is 0.271 e. The Balaban J connectivity index is 1.74. The van der Waals surface area contributed by atoms with Gasteiger partial charge in [0.1, 0.15) is 11.5 Å². The molecule has 4 N–H and O–H groups in total. The Morgan fingerprint density at radius 2 is 1.79 bits per heavy atom. The molecule has 1 aliphatic rings. The van der Waals surface area contributed by atoms with Crippen LogP contribution in [0.3, 0.4) is 0 Å². The van der Waals surface area contributed by atoms with E-state index in [9.17, 15) is 14.0 Å². The standard InChI is InChI=1S/C21H28FN5O2/c1-12-7-6-8-14(22)16(12)18(28)25-15-11-23-26-17(15)19(29)24-13-9-20(2,3)27-21(4,5)10-13/h6-8,11,13,27H,9-10H2,1-5H3,(H,23,26)(H,24,29)(H,25,28). The van der Waals surface area contributed by atoms with Crippen molar-refractivity contribution in [1.82, 2.24) is 20.8 Å². The van der Waals surface area contributed by atoms with Crippen molar-refractivity contribution in [3.63, 3.8) is 0 Å². The number of anilines is 1. The smallest absolute Gasteiger partial charge is 0.271 e. The van der Waals surface area contributed by atoms with Gasteiger partial charge in [0.25, 0.3) is 11.8 Å². The first-order chi connectivity index (χ1) is 13.5. The summed E-state index contributed by atoms with van der Waals surface area (Å²) >= 11 is 0. The first-order valence-corrected chi connectivity index (χ1v) is 9.67. The number of benzene rings is 1. The first kappa shape index (κ1) is 21.0. The highest BCUT2D eigenvalue weighted by Crippen LogP contribution is 2.29. The van der Waals surface area contributed by atoms with Crippen molar-refractivity contribution in [2.45, 2.75) is 64.6 Å². The second-order valence-electron chi connectivity index (χ2n) is 9.02. The van der Waals surface area contributed by atoms with E-state index in [-0.39, 0.29) is 40.0 Å². The number of nitrogens with one attached hydrogen (secondary N) is 4. The van der Waals surface area contributed by atoms with Crippen LogP contribution in [0.4, 0.5) is 10.1 Å². The molecule has 7 nitrogen and oxygen atoms in total. The van der Waals surface area contributed by atoms with Gasteiger partial charge < -0.3 is 16.0 Å². The average molecular weight is 401 g/mol. The summed E-state index contributed by atoms with van der Waals surface area (Å²) in [5, 5.41) is 15.7. The molecule has 0 atom stereocenters. The molecule has 1 aromatic heterocycles. The van der Waals surface area contributed by atoms with Crippen LogP contribution in [0.5, 0.6) is 0 Å². The van der Waals surface area contributed by atoms with Gasteiger partial charge >= 0.3 is 0 Å². The Hall–Kier alpha value is -2.74. The number of halogens is 1. The molecule has 1 fully saturated rings. The van der Waals surface area contributed by atoms with Crippen LogP contribution < -0.4 is 16.0 Å². The monoisotopic (exact) mass is 401 g/mol. The predicted molar refractivity (Wildman–Crippen MR) is 109 cm³/mol. The van der Waals surface area contributed by atoms with Crippen molar-refractivity contribution in [3.05, 3.63) is 47.0 Å². The molecule has 0 unspecified atom stereocenters. The SMILES string of the molecule is Cc1cccc(F)c1C(=O)Nc1cn[nH]c1C(=O)NC1CC(C)(C)NC(C)(C)C1. The summed E-state index contributed by atoms with van der Waals surface area (Å²) in [6.45, 7) is 10.1. The Bertz CT molecular complexity index is 899. The first-order valence-electron chi connectivity index (χ1n) is 9.67. The fourth-order valence-electron chi connectivity index (χ4n) is 4.34. The molecule has 156 valence electrons. The molecule has 2 aromatic rings. The zero-order valence-corrected chi connectivity index (χ0v) is 17.4. The van der Waals surface area contributed by atoms with Gasteiger partial charge in [-0.1, -0.05) is 12.1 Å². The molecular weight excluding hydrogens is 373 g/mol. The summed E-state index contributed by atoms with van der Waals surface area (Å²) in [5.41, 5.74) is 0.572. The molecule has 1 saturated heterocycles. The van der Waals surface area contributed by atoms with E-state index in [2.05, 4.69) is 53.8 Å². The van der Waals surface area contributed by atoms with Crippen molar-refractivity contribution < 1.29 is 14.0 Å². The molecule has 0 saturated carbocycles. The summed E-state index contributed by atoms with van der Waals surface area (Å²) in [5.74, 6) is -1.60. The normalized spacial score (nSPS) is 18.3. The molecular formula is C21H28FN5O2. The number of carbonyl (C=O) groups is 2.